The van der Waals surface area contributed by atoms with E-state index >= 15 is 0 Å². The van der Waals surface area contributed by atoms with Gasteiger partial charge in [-0.2, -0.15) is 0 Å². The summed E-state index contributed by atoms with van der Waals surface area (Å²) in [5.41, 5.74) is 9.65. The average molecular weight is 281 g/mol. The van der Waals surface area contributed by atoms with Gasteiger partial charge in [0.25, 0.3) is 0 Å². The first-order chi connectivity index (χ1) is 10.2. The summed E-state index contributed by atoms with van der Waals surface area (Å²) in [6, 6.07) is 18.8. The molecule has 1 aliphatic rings. The average Bonchev–Trinajstić information content (AvgIpc) is 3.29. The topological polar surface area (TPSA) is 46.2 Å². The zero-order valence-corrected chi connectivity index (χ0v) is 12.4. The minimum absolute atomic E-state index is 0.0311. The van der Waals surface area contributed by atoms with Gasteiger partial charge in [0.1, 0.15) is 0 Å². The quantitative estimate of drug-likeness (QED) is 0.884. The second kappa shape index (κ2) is 6.00. The molecule has 0 spiro atoms. The summed E-state index contributed by atoms with van der Waals surface area (Å²) in [5.74, 6) is 0.852. The van der Waals surface area contributed by atoms with E-state index in [1.54, 1.807) is 0 Å². The third kappa shape index (κ3) is 3.02. The Balaban J connectivity index is 1.74. The zero-order valence-electron chi connectivity index (χ0n) is 12.4. The highest BCUT2D eigenvalue weighted by molar-refractivity contribution is 5.30. The second-order valence-corrected chi connectivity index (χ2v) is 6.16. The van der Waals surface area contributed by atoms with Crippen LogP contribution in [0.25, 0.3) is 0 Å². The lowest BCUT2D eigenvalue weighted by Crippen LogP contribution is -2.28. The SMILES string of the molecule is Cc1cccc(C(CN)C(O)C2CC2c2ccccc2)c1. The molecule has 3 rings (SSSR count). The van der Waals surface area contributed by atoms with Crippen molar-refractivity contribution in [2.24, 2.45) is 11.7 Å². The lowest BCUT2D eigenvalue weighted by Gasteiger charge is -2.22. The summed E-state index contributed by atoms with van der Waals surface area (Å²) >= 11 is 0. The van der Waals surface area contributed by atoms with Crippen LogP contribution in [0.5, 0.6) is 0 Å². The Labute approximate surface area is 126 Å². The van der Waals surface area contributed by atoms with E-state index in [0.29, 0.717) is 18.4 Å². The van der Waals surface area contributed by atoms with Crippen molar-refractivity contribution in [1.29, 1.82) is 0 Å². The van der Waals surface area contributed by atoms with E-state index in [4.69, 9.17) is 5.73 Å². The fourth-order valence-corrected chi connectivity index (χ4v) is 3.35. The molecule has 110 valence electrons. The highest BCUT2D eigenvalue weighted by Crippen LogP contribution is 2.51. The minimum atomic E-state index is -0.359. The summed E-state index contributed by atoms with van der Waals surface area (Å²) in [5, 5.41) is 10.7. The van der Waals surface area contributed by atoms with Crippen molar-refractivity contribution in [3.8, 4) is 0 Å². The first-order valence-electron chi connectivity index (χ1n) is 7.70. The van der Waals surface area contributed by atoms with Gasteiger partial charge in [-0.25, -0.2) is 0 Å². The van der Waals surface area contributed by atoms with Gasteiger partial charge in [-0.05, 0) is 36.3 Å². The molecule has 2 heteroatoms. The van der Waals surface area contributed by atoms with Crippen molar-refractivity contribution < 1.29 is 5.11 Å². The largest absolute Gasteiger partial charge is 0.392 e. The van der Waals surface area contributed by atoms with Gasteiger partial charge < -0.3 is 10.8 Å². The van der Waals surface area contributed by atoms with Crippen molar-refractivity contribution in [1.82, 2.24) is 0 Å². The number of aliphatic hydroxyl groups is 1. The van der Waals surface area contributed by atoms with Gasteiger partial charge in [-0.1, -0.05) is 60.2 Å². The number of aryl methyl sites for hydroxylation is 1. The molecule has 0 amide bonds. The molecule has 4 atom stereocenters. The van der Waals surface area contributed by atoms with Gasteiger partial charge in [-0.15, -0.1) is 0 Å². The van der Waals surface area contributed by atoms with Crippen LogP contribution < -0.4 is 5.73 Å². The first kappa shape index (κ1) is 14.3. The fraction of sp³-hybridized carbons (Fsp3) is 0.368. The van der Waals surface area contributed by atoms with Crippen LogP contribution in [-0.4, -0.2) is 17.8 Å². The Kier molecular flexibility index (Phi) is 4.09. The van der Waals surface area contributed by atoms with E-state index in [0.717, 1.165) is 12.0 Å². The number of benzene rings is 2. The van der Waals surface area contributed by atoms with Crippen LogP contribution in [0.3, 0.4) is 0 Å². The Morgan fingerprint density at radius 3 is 2.57 bits per heavy atom. The molecule has 21 heavy (non-hydrogen) atoms. The Bertz CT molecular complexity index is 596. The first-order valence-corrected chi connectivity index (χ1v) is 7.70. The zero-order chi connectivity index (χ0) is 14.8. The minimum Gasteiger partial charge on any atom is -0.392 e. The number of aliphatic hydroxyl groups excluding tert-OH is 1. The molecule has 0 aromatic heterocycles. The summed E-state index contributed by atoms with van der Waals surface area (Å²) < 4.78 is 0. The normalized spacial score (nSPS) is 23.6. The van der Waals surface area contributed by atoms with Gasteiger partial charge >= 0.3 is 0 Å². The molecular formula is C19H23NO. The molecular weight excluding hydrogens is 258 g/mol. The summed E-state index contributed by atoms with van der Waals surface area (Å²) in [6.45, 7) is 2.57. The molecule has 2 aromatic rings. The molecule has 1 fully saturated rings. The number of nitrogens with two attached hydrogens (primary N) is 1. The molecule has 4 unspecified atom stereocenters. The van der Waals surface area contributed by atoms with Gasteiger partial charge in [0, 0.05) is 12.5 Å². The highest BCUT2D eigenvalue weighted by Gasteiger charge is 2.45. The van der Waals surface area contributed by atoms with E-state index in [-0.39, 0.29) is 12.0 Å². The smallest absolute Gasteiger partial charge is 0.0655 e. The molecule has 0 radical (unpaired) electrons. The Morgan fingerprint density at radius 2 is 1.90 bits per heavy atom. The number of hydrogen-bond donors (Lipinski definition) is 2. The maximum absolute atomic E-state index is 10.7. The highest BCUT2D eigenvalue weighted by atomic mass is 16.3. The summed E-state index contributed by atoms with van der Waals surface area (Å²) in [6.07, 6.45) is 0.704. The molecule has 0 aliphatic heterocycles. The lowest BCUT2D eigenvalue weighted by atomic mass is 9.89. The fourth-order valence-electron chi connectivity index (χ4n) is 3.35. The lowest BCUT2D eigenvalue weighted by molar-refractivity contribution is 0.120. The standard InChI is InChI=1S/C19H23NO/c1-13-6-5-9-15(10-13)18(12-20)19(21)17-11-16(17)14-7-3-2-4-8-14/h2-10,16-19,21H,11-12,20H2,1H3. The van der Waals surface area contributed by atoms with Crippen LogP contribution in [0, 0.1) is 12.8 Å². The third-order valence-corrected chi connectivity index (χ3v) is 4.64. The van der Waals surface area contributed by atoms with Crippen LogP contribution in [0.15, 0.2) is 54.6 Å². The van der Waals surface area contributed by atoms with Gasteiger partial charge in [-0.3, -0.25) is 0 Å². The van der Waals surface area contributed by atoms with Crippen LogP contribution in [0.2, 0.25) is 0 Å². The van der Waals surface area contributed by atoms with E-state index in [1.807, 2.05) is 12.1 Å². The maximum atomic E-state index is 10.7. The van der Waals surface area contributed by atoms with Crippen molar-refractivity contribution in [3.63, 3.8) is 0 Å². The van der Waals surface area contributed by atoms with Crippen LogP contribution in [0.1, 0.15) is 34.9 Å². The van der Waals surface area contributed by atoms with Crippen LogP contribution in [-0.2, 0) is 0 Å². The molecule has 2 aromatic carbocycles. The van der Waals surface area contributed by atoms with Crippen molar-refractivity contribution in [2.45, 2.75) is 31.3 Å². The predicted molar refractivity (Wildman–Crippen MR) is 86.3 cm³/mol. The summed E-state index contributed by atoms with van der Waals surface area (Å²) in [7, 11) is 0. The Morgan fingerprint density at radius 1 is 1.14 bits per heavy atom. The molecule has 0 bridgehead atoms. The third-order valence-electron chi connectivity index (χ3n) is 4.64. The number of rotatable bonds is 5. The van der Waals surface area contributed by atoms with Gasteiger partial charge in [0.15, 0.2) is 0 Å². The molecule has 0 saturated heterocycles. The molecule has 0 heterocycles. The predicted octanol–water partition coefficient (Wildman–Crippen LogP) is 3.20. The Hall–Kier alpha value is -1.64. The molecule has 1 saturated carbocycles. The van der Waals surface area contributed by atoms with Gasteiger partial charge in [0.05, 0.1) is 6.10 Å². The van der Waals surface area contributed by atoms with Crippen molar-refractivity contribution in [3.05, 3.63) is 71.3 Å². The van der Waals surface area contributed by atoms with E-state index < -0.39 is 0 Å². The van der Waals surface area contributed by atoms with Crippen LogP contribution >= 0.6 is 0 Å². The summed E-state index contributed by atoms with van der Waals surface area (Å²) in [4.78, 5) is 0. The second-order valence-electron chi connectivity index (χ2n) is 6.16. The molecule has 1 aliphatic carbocycles. The monoisotopic (exact) mass is 281 g/mol. The van der Waals surface area contributed by atoms with Crippen LogP contribution in [0.4, 0.5) is 0 Å². The molecule has 2 nitrogen and oxygen atoms in total. The van der Waals surface area contributed by atoms with Gasteiger partial charge in [0.2, 0.25) is 0 Å². The number of hydrogen-bond acceptors (Lipinski definition) is 2. The van der Waals surface area contributed by atoms with E-state index in [1.165, 1.54) is 11.1 Å². The molecule has 3 N–H and O–H groups in total. The van der Waals surface area contributed by atoms with E-state index in [2.05, 4.69) is 49.4 Å². The van der Waals surface area contributed by atoms with Crippen molar-refractivity contribution >= 4 is 0 Å². The van der Waals surface area contributed by atoms with Crippen molar-refractivity contribution in [2.75, 3.05) is 6.54 Å². The maximum Gasteiger partial charge on any atom is 0.0655 e. The van der Waals surface area contributed by atoms with E-state index in [9.17, 15) is 5.11 Å².